The van der Waals surface area contributed by atoms with Crippen LogP contribution in [0, 0.1) is 5.41 Å². The number of amides is 1. The van der Waals surface area contributed by atoms with Crippen LogP contribution in [0.15, 0.2) is 53.3 Å². The van der Waals surface area contributed by atoms with Crippen molar-refractivity contribution in [3.8, 4) is 22.5 Å². The van der Waals surface area contributed by atoms with Crippen molar-refractivity contribution in [3.05, 3.63) is 75.7 Å². The van der Waals surface area contributed by atoms with Crippen LogP contribution in [0.1, 0.15) is 81.2 Å². The van der Waals surface area contributed by atoms with E-state index in [9.17, 15) is 9.59 Å². The number of rotatable bonds is 8. The molecule has 1 saturated carbocycles. The zero-order chi connectivity index (χ0) is 30.8. The number of H-pyrrole nitrogens is 1. The molecule has 1 atom stereocenters. The quantitative estimate of drug-likeness (QED) is 0.295. The number of aromatic amines is 1. The lowest BCUT2D eigenvalue weighted by Crippen LogP contribution is -2.55. The molecular weight excluding hydrogens is 566 g/mol. The minimum atomic E-state index is -0.523. The Labute approximate surface area is 263 Å². The minimum absolute atomic E-state index is 0.0927. The molecular formula is C35H43N7O3. The van der Waals surface area contributed by atoms with Gasteiger partial charge in [0, 0.05) is 42.9 Å². The highest BCUT2D eigenvalue weighted by molar-refractivity contribution is 5.84. The summed E-state index contributed by atoms with van der Waals surface area (Å²) in [5.74, 6) is 0.872. The third-order valence-electron chi connectivity index (χ3n) is 10.3. The second kappa shape index (κ2) is 12.7. The molecule has 2 aliphatic heterocycles. The predicted molar refractivity (Wildman–Crippen MR) is 172 cm³/mol. The standard InChI is InChI=1S/C35H43N7O3/c1-2-9-30-29(24-25-13-15-26(16-14-25)27-10-4-5-11-28(27)32-36-38-39-37-32)33(43)42-31(12-8-19-41(30)42)35(17-6-3-7-18-35)34(44)40-20-22-45-23-21-40/h4-5,10-11,13-16,31H,2-3,6-9,12,17-24H2,1H3,(H,36,37,38,39). The van der Waals surface area contributed by atoms with E-state index in [0.29, 0.717) is 38.5 Å². The van der Waals surface area contributed by atoms with Gasteiger partial charge in [-0.2, -0.15) is 0 Å². The Morgan fingerprint density at radius 1 is 0.978 bits per heavy atom. The molecule has 7 rings (SSSR count). The first-order valence-corrected chi connectivity index (χ1v) is 16.7. The summed E-state index contributed by atoms with van der Waals surface area (Å²) in [5, 5.41) is 14.5. The van der Waals surface area contributed by atoms with Gasteiger partial charge < -0.3 is 9.64 Å². The number of tetrazole rings is 1. The average Bonchev–Trinajstić information content (AvgIpc) is 3.73. The third-order valence-corrected chi connectivity index (χ3v) is 10.3. The van der Waals surface area contributed by atoms with Gasteiger partial charge in [-0.3, -0.25) is 14.3 Å². The van der Waals surface area contributed by atoms with Gasteiger partial charge in [-0.1, -0.05) is 81.1 Å². The van der Waals surface area contributed by atoms with Gasteiger partial charge >= 0.3 is 0 Å². The molecule has 0 radical (unpaired) electrons. The summed E-state index contributed by atoms with van der Waals surface area (Å²) in [5.41, 5.74) is 5.74. The molecule has 2 fully saturated rings. The molecule has 2 aromatic heterocycles. The van der Waals surface area contributed by atoms with Gasteiger partial charge in [0.05, 0.1) is 24.7 Å². The number of nitrogens with one attached hydrogen (secondary N) is 1. The number of fused-ring (bicyclic) bond motifs is 1. The van der Waals surface area contributed by atoms with Crippen molar-refractivity contribution in [1.82, 2.24) is 34.9 Å². The zero-order valence-electron chi connectivity index (χ0n) is 26.2. The fourth-order valence-corrected chi connectivity index (χ4v) is 8.15. The highest BCUT2D eigenvalue weighted by Gasteiger charge is 2.51. The van der Waals surface area contributed by atoms with Crippen molar-refractivity contribution in [2.24, 2.45) is 5.41 Å². The highest BCUT2D eigenvalue weighted by atomic mass is 16.5. The summed E-state index contributed by atoms with van der Waals surface area (Å²) in [4.78, 5) is 31.0. The molecule has 0 spiro atoms. The molecule has 2 aromatic carbocycles. The zero-order valence-corrected chi connectivity index (χ0v) is 26.2. The largest absolute Gasteiger partial charge is 0.378 e. The van der Waals surface area contributed by atoms with Crippen molar-refractivity contribution in [1.29, 1.82) is 0 Å². The predicted octanol–water partition coefficient (Wildman–Crippen LogP) is 5.18. The van der Waals surface area contributed by atoms with Crippen molar-refractivity contribution in [3.63, 3.8) is 0 Å². The molecule has 1 saturated heterocycles. The van der Waals surface area contributed by atoms with Crippen LogP contribution in [0.25, 0.3) is 22.5 Å². The number of ether oxygens (including phenoxy) is 1. The number of nitrogens with zero attached hydrogens (tertiary/aromatic N) is 6. The fourth-order valence-electron chi connectivity index (χ4n) is 8.15. The number of carbonyl (C=O) groups excluding carboxylic acids is 1. The molecule has 4 aromatic rings. The van der Waals surface area contributed by atoms with Gasteiger partial charge in [-0.15, -0.1) is 5.10 Å². The lowest BCUT2D eigenvalue weighted by molar-refractivity contribution is -0.153. The van der Waals surface area contributed by atoms with Crippen molar-refractivity contribution >= 4 is 5.91 Å². The average molecular weight is 610 g/mol. The van der Waals surface area contributed by atoms with E-state index >= 15 is 0 Å². The first-order chi connectivity index (χ1) is 22.1. The van der Waals surface area contributed by atoms with Gasteiger partial charge in [-0.05, 0) is 59.2 Å². The lowest BCUT2D eigenvalue weighted by Gasteiger charge is -2.47. The van der Waals surface area contributed by atoms with Crippen LogP contribution in [0.2, 0.25) is 0 Å². The summed E-state index contributed by atoms with van der Waals surface area (Å²) < 4.78 is 9.90. The molecule has 3 aliphatic rings. The van der Waals surface area contributed by atoms with Gasteiger partial charge in [0.15, 0.2) is 5.82 Å². The molecule has 10 nitrogen and oxygen atoms in total. The number of morpholine rings is 1. The van der Waals surface area contributed by atoms with Crippen LogP contribution < -0.4 is 5.56 Å². The Balaban J connectivity index is 1.23. The Bertz CT molecular complexity index is 1680. The monoisotopic (exact) mass is 609 g/mol. The second-order valence-electron chi connectivity index (χ2n) is 12.9. The summed E-state index contributed by atoms with van der Waals surface area (Å²) in [7, 11) is 0. The van der Waals surface area contributed by atoms with Crippen molar-refractivity contribution in [2.75, 3.05) is 26.3 Å². The molecule has 1 aliphatic carbocycles. The third kappa shape index (κ3) is 5.43. The van der Waals surface area contributed by atoms with Crippen LogP contribution in [-0.4, -0.2) is 67.1 Å². The van der Waals surface area contributed by atoms with E-state index in [2.05, 4.69) is 62.6 Å². The first kappa shape index (κ1) is 29.6. The van der Waals surface area contributed by atoms with E-state index in [1.807, 2.05) is 27.8 Å². The normalized spacial score (nSPS) is 19.8. The Kier molecular flexibility index (Phi) is 8.40. The SMILES string of the molecule is CCCc1c(Cc2ccc(-c3ccccc3-c3nnn[nH]3)cc2)c(=O)n2n1CCCC2C1(C(=O)N2CCOCC2)CCCCC1. The Morgan fingerprint density at radius 2 is 1.73 bits per heavy atom. The number of hydrogen-bond acceptors (Lipinski definition) is 6. The van der Waals surface area contributed by atoms with Crippen LogP contribution in [0.3, 0.4) is 0 Å². The maximum Gasteiger partial charge on any atom is 0.270 e. The summed E-state index contributed by atoms with van der Waals surface area (Å²) in [6.07, 6.45) is 9.21. The molecule has 0 bridgehead atoms. The summed E-state index contributed by atoms with van der Waals surface area (Å²) >= 11 is 0. The molecule has 10 heteroatoms. The van der Waals surface area contributed by atoms with E-state index in [4.69, 9.17) is 4.74 Å². The molecule has 236 valence electrons. The minimum Gasteiger partial charge on any atom is -0.378 e. The van der Waals surface area contributed by atoms with Gasteiger partial charge in [-0.25, -0.2) is 9.78 Å². The lowest BCUT2D eigenvalue weighted by atomic mass is 9.66. The fraction of sp³-hybridized carbons (Fsp3) is 0.514. The smallest absolute Gasteiger partial charge is 0.270 e. The van der Waals surface area contributed by atoms with Crippen molar-refractivity contribution in [2.45, 2.75) is 83.7 Å². The summed E-state index contributed by atoms with van der Waals surface area (Å²) in [6, 6.07) is 16.5. The Morgan fingerprint density at radius 3 is 2.44 bits per heavy atom. The molecule has 4 heterocycles. The van der Waals surface area contributed by atoms with E-state index in [-0.39, 0.29) is 17.5 Å². The highest BCUT2D eigenvalue weighted by Crippen LogP contribution is 2.49. The molecule has 1 amide bonds. The van der Waals surface area contributed by atoms with E-state index < -0.39 is 5.41 Å². The Hall–Kier alpha value is -4.05. The second-order valence-corrected chi connectivity index (χ2v) is 12.9. The molecule has 45 heavy (non-hydrogen) atoms. The van der Waals surface area contributed by atoms with Crippen LogP contribution in [-0.2, 0) is 28.9 Å². The van der Waals surface area contributed by atoms with Crippen LogP contribution in [0.4, 0.5) is 0 Å². The maximum absolute atomic E-state index is 14.5. The van der Waals surface area contributed by atoms with Gasteiger partial charge in [0.25, 0.3) is 5.56 Å². The van der Waals surface area contributed by atoms with Gasteiger partial charge in [0.1, 0.15) is 0 Å². The molecule has 1 unspecified atom stereocenters. The number of hydrogen-bond donors (Lipinski definition) is 1. The van der Waals surface area contributed by atoms with Crippen LogP contribution >= 0.6 is 0 Å². The topological polar surface area (TPSA) is 111 Å². The number of aromatic nitrogens is 6. The number of benzene rings is 2. The van der Waals surface area contributed by atoms with Crippen LogP contribution in [0.5, 0.6) is 0 Å². The number of carbonyl (C=O) groups is 1. The maximum atomic E-state index is 14.5. The van der Waals surface area contributed by atoms with Gasteiger partial charge in [0.2, 0.25) is 5.91 Å². The van der Waals surface area contributed by atoms with E-state index in [1.54, 1.807) is 0 Å². The van der Waals surface area contributed by atoms with E-state index in [1.165, 1.54) is 0 Å². The summed E-state index contributed by atoms with van der Waals surface area (Å²) in [6.45, 7) is 5.48. The van der Waals surface area contributed by atoms with E-state index in [0.717, 1.165) is 97.8 Å². The molecule has 1 N–H and O–H groups in total. The first-order valence-electron chi connectivity index (χ1n) is 16.7. The van der Waals surface area contributed by atoms with Crippen molar-refractivity contribution < 1.29 is 9.53 Å².